The summed E-state index contributed by atoms with van der Waals surface area (Å²) in [5.74, 6) is -0.117. The molecule has 0 saturated heterocycles. The van der Waals surface area contributed by atoms with Crippen molar-refractivity contribution >= 4 is 21.7 Å². The van der Waals surface area contributed by atoms with Crippen LogP contribution in [0, 0.1) is 5.92 Å². The quantitative estimate of drug-likeness (QED) is 0.875. The summed E-state index contributed by atoms with van der Waals surface area (Å²) in [6.45, 7) is 0. The van der Waals surface area contributed by atoms with Gasteiger partial charge in [0.15, 0.2) is 0 Å². The lowest BCUT2D eigenvalue weighted by atomic mass is 10.1. The Balaban J connectivity index is 1.65. The van der Waals surface area contributed by atoms with E-state index < -0.39 is 9.84 Å². The van der Waals surface area contributed by atoms with Crippen LogP contribution in [0.4, 0.5) is 5.95 Å². The van der Waals surface area contributed by atoms with Gasteiger partial charge in [0.05, 0.1) is 0 Å². The Morgan fingerprint density at radius 3 is 2.67 bits per heavy atom. The van der Waals surface area contributed by atoms with E-state index in [1.807, 2.05) is 30.3 Å². The van der Waals surface area contributed by atoms with E-state index in [0.717, 1.165) is 18.2 Å². The number of nitrogens with zero attached hydrogens (tertiary/aromatic N) is 2. The molecule has 0 unspecified atom stereocenters. The van der Waals surface area contributed by atoms with E-state index in [1.54, 1.807) is 0 Å². The maximum Gasteiger partial charge on any atom is 0.249 e. The van der Waals surface area contributed by atoms with Crippen LogP contribution < -0.4 is 5.32 Å². The Morgan fingerprint density at radius 2 is 2.05 bits per heavy atom. The van der Waals surface area contributed by atoms with Crippen LogP contribution in [0.15, 0.2) is 35.5 Å². The van der Waals surface area contributed by atoms with E-state index in [0.29, 0.717) is 0 Å². The molecule has 1 amide bonds. The smallest absolute Gasteiger partial charge is 0.249 e. The zero-order valence-electron chi connectivity index (χ0n) is 11.3. The summed E-state index contributed by atoms with van der Waals surface area (Å²) in [7, 11) is -3.46. The standard InChI is InChI=1S/C13H14N4O3S/c1-21(19,20)13-15-12(16-17-13)14-11(18)10-7-9(10)8-5-3-2-4-6-8/h2-6,9-10H,7H2,1H3,(H2,14,15,16,17,18)/t9-,10+/m0/s1. The van der Waals surface area contributed by atoms with Crippen LogP contribution in [0.1, 0.15) is 17.9 Å². The second-order valence-corrected chi connectivity index (χ2v) is 7.02. The van der Waals surface area contributed by atoms with Crippen molar-refractivity contribution in [2.75, 3.05) is 11.6 Å². The number of rotatable bonds is 4. The fourth-order valence-electron chi connectivity index (χ4n) is 2.22. The minimum atomic E-state index is -3.46. The molecular weight excluding hydrogens is 292 g/mol. The molecule has 0 aliphatic heterocycles. The topological polar surface area (TPSA) is 105 Å². The van der Waals surface area contributed by atoms with Gasteiger partial charge in [0.2, 0.25) is 26.8 Å². The van der Waals surface area contributed by atoms with Gasteiger partial charge >= 0.3 is 0 Å². The number of carbonyl (C=O) groups excluding carboxylic acids is 1. The van der Waals surface area contributed by atoms with Gasteiger partial charge in [-0.3, -0.25) is 10.1 Å². The van der Waals surface area contributed by atoms with E-state index in [2.05, 4.69) is 20.5 Å². The number of aromatic amines is 1. The second kappa shape index (κ2) is 4.96. The van der Waals surface area contributed by atoms with Gasteiger partial charge in [0, 0.05) is 12.2 Å². The van der Waals surface area contributed by atoms with Crippen molar-refractivity contribution in [2.24, 2.45) is 5.92 Å². The second-order valence-electron chi connectivity index (χ2n) is 5.08. The highest BCUT2D eigenvalue weighted by atomic mass is 32.2. The van der Waals surface area contributed by atoms with E-state index >= 15 is 0 Å². The largest absolute Gasteiger partial charge is 0.293 e. The Morgan fingerprint density at radius 1 is 1.33 bits per heavy atom. The average Bonchev–Trinajstić information content (AvgIpc) is 3.11. The number of sulfone groups is 1. The molecule has 110 valence electrons. The van der Waals surface area contributed by atoms with Gasteiger partial charge in [-0.2, -0.15) is 4.98 Å². The predicted molar refractivity (Wildman–Crippen MR) is 75.4 cm³/mol. The van der Waals surface area contributed by atoms with Crippen LogP contribution in [-0.4, -0.2) is 35.8 Å². The minimum absolute atomic E-state index is 0.0147. The summed E-state index contributed by atoms with van der Waals surface area (Å²) in [5, 5.41) is 8.26. The van der Waals surface area contributed by atoms with E-state index in [1.165, 1.54) is 0 Å². The lowest BCUT2D eigenvalue weighted by molar-refractivity contribution is -0.117. The van der Waals surface area contributed by atoms with Crippen LogP contribution in [0.5, 0.6) is 0 Å². The maximum absolute atomic E-state index is 12.1. The van der Waals surface area contributed by atoms with Gasteiger partial charge in [-0.15, -0.1) is 5.10 Å². The van der Waals surface area contributed by atoms with Crippen molar-refractivity contribution in [3.05, 3.63) is 35.9 Å². The number of nitrogens with one attached hydrogen (secondary N) is 2. The molecule has 1 aliphatic carbocycles. The Labute approximate surface area is 121 Å². The molecule has 1 fully saturated rings. The fourth-order valence-corrected chi connectivity index (χ4v) is 2.69. The molecule has 0 spiro atoms. The summed E-state index contributed by atoms with van der Waals surface area (Å²) in [4.78, 5) is 15.8. The van der Waals surface area contributed by atoms with Crippen LogP contribution in [0.2, 0.25) is 0 Å². The maximum atomic E-state index is 12.1. The first-order valence-electron chi connectivity index (χ1n) is 6.43. The number of hydrogen-bond donors (Lipinski definition) is 2. The van der Waals surface area contributed by atoms with Gasteiger partial charge < -0.3 is 0 Å². The van der Waals surface area contributed by atoms with Gasteiger partial charge in [-0.05, 0) is 17.9 Å². The molecule has 1 saturated carbocycles. The number of aromatic nitrogens is 3. The summed E-state index contributed by atoms with van der Waals surface area (Å²) >= 11 is 0. The summed E-state index contributed by atoms with van der Waals surface area (Å²) in [6, 6.07) is 9.80. The van der Waals surface area contributed by atoms with Gasteiger partial charge in [0.25, 0.3) is 0 Å². The number of H-pyrrole nitrogens is 1. The molecule has 2 aromatic rings. The third-order valence-corrected chi connectivity index (χ3v) is 4.29. The summed E-state index contributed by atoms with van der Waals surface area (Å²) < 4.78 is 22.5. The number of amides is 1. The molecule has 7 nitrogen and oxygen atoms in total. The first-order valence-corrected chi connectivity index (χ1v) is 8.32. The normalized spacial score (nSPS) is 21.0. The molecule has 1 aromatic heterocycles. The van der Waals surface area contributed by atoms with Crippen molar-refractivity contribution in [3.8, 4) is 0 Å². The van der Waals surface area contributed by atoms with Crippen molar-refractivity contribution in [2.45, 2.75) is 17.5 Å². The van der Waals surface area contributed by atoms with Crippen molar-refractivity contribution in [1.82, 2.24) is 15.2 Å². The molecule has 0 bridgehead atoms. The van der Waals surface area contributed by atoms with Gasteiger partial charge in [-0.25, -0.2) is 13.5 Å². The number of anilines is 1. The molecule has 21 heavy (non-hydrogen) atoms. The van der Waals surface area contributed by atoms with Crippen LogP contribution >= 0.6 is 0 Å². The molecule has 1 aromatic carbocycles. The highest BCUT2D eigenvalue weighted by Gasteiger charge is 2.44. The highest BCUT2D eigenvalue weighted by Crippen LogP contribution is 2.47. The van der Waals surface area contributed by atoms with Crippen LogP contribution in [0.25, 0.3) is 0 Å². The molecule has 0 radical (unpaired) electrons. The summed E-state index contributed by atoms with van der Waals surface area (Å²) in [5.41, 5.74) is 1.13. The van der Waals surface area contributed by atoms with Gasteiger partial charge in [-0.1, -0.05) is 30.3 Å². The van der Waals surface area contributed by atoms with Gasteiger partial charge in [0.1, 0.15) is 0 Å². The molecule has 1 heterocycles. The molecule has 2 N–H and O–H groups in total. The molecule has 8 heteroatoms. The van der Waals surface area contributed by atoms with Crippen molar-refractivity contribution < 1.29 is 13.2 Å². The van der Waals surface area contributed by atoms with Crippen molar-refractivity contribution in [3.63, 3.8) is 0 Å². The first kappa shape index (κ1) is 13.7. The molecule has 2 atom stereocenters. The number of benzene rings is 1. The number of hydrogen-bond acceptors (Lipinski definition) is 5. The SMILES string of the molecule is CS(=O)(=O)c1nc(NC(=O)[C@@H]2C[C@H]2c2ccccc2)n[nH]1. The van der Waals surface area contributed by atoms with E-state index in [-0.39, 0.29) is 28.8 Å². The highest BCUT2D eigenvalue weighted by molar-refractivity contribution is 7.90. The Kier molecular flexibility index (Phi) is 3.25. The number of carbonyl (C=O) groups is 1. The van der Waals surface area contributed by atoms with Crippen molar-refractivity contribution in [1.29, 1.82) is 0 Å². The van der Waals surface area contributed by atoms with Crippen LogP contribution in [-0.2, 0) is 14.6 Å². The lowest BCUT2D eigenvalue weighted by Crippen LogP contribution is -2.15. The third-order valence-electron chi connectivity index (χ3n) is 3.41. The molecule has 3 rings (SSSR count). The Hall–Kier alpha value is -2.22. The monoisotopic (exact) mass is 306 g/mol. The Bertz CT molecular complexity index is 770. The molecule has 1 aliphatic rings. The molecular formula is C13H14N4O3S. The zero-order chi connectivity index (χ0) is 15.0. The fraction of sp³-hybridized carbons (Fsp3) is 0.308. The zero-order valence-corrected chi connectivity index (χ0v) is 12.1. The third kappa shape index (κ3) is 2.94. The first-order chi connectivity index (χ1) is 9.95. The van der Waals surface area contributed by atoms with Crippen LogP contribution in [0.3, 0.4) is 0 Å². The van der Waals surface area contributed by atoms with E-state index in [4.69, 9.17) is 0 Å². The minimum Gasteiger partial charge on any atom is -0.293 e. The lowest BCUT2D eigenvalue weighted by Gasteiger charge is -2.00. The van der Waals surface area contributed by atoms with E-state index in [9.17, 15) is 13.2 Å². The predicted octanol–water partition coefficient (Wildman–Crippen LogP) is 0.950. The summed E-state index contributed by atoms with van der Waals surface area (Å²) in [6.07, 6.45) is 1.80. The average molecular weight is 306 g/mol.